The second-order valence-corrected chi connectivity index (χ2v) is 10.0. The third-order valence-electron chi connectivity index (χ3n) is 6.79. The molecule has 202 valence electrons. The molecule has 4 rings (SSSR count). The molecule has 0 spiro atoms. The smallest absolute Gasteiger partial charge is 0.252 e. The number of hydrogen-bond donors (Lipinski definition) is 0. The number of amides is 2. The number of para-hydroxylation sites is 1. The number of aromatic nitrogens is 2. The highest BCUT2D eigenvalue weighted by Crippen LogP contribution is 2.24. The van der Waals surface area contributed by atoms with Gasteiger partial charge in [-0.2, -0.15) is 0 Å². The van der Waals surface area contributed by atoms with Crippen LogP contribution in [0.25, 0.3) is 0 Å². The largest absolute Gasteiger partial charge is 0.375 e. The number of fused-ring (bicyclic) bond motifs is 1. The van der Waals surface area contributed by atoms with Gasteiger partial charge >= 0.3 is 0 Å². The molecule has 2 aromatic carbocycles. The van der Waals surface area contributed by atoms with Crippen molar-refractivity contribution in [2.45, 2.75) is 38.9 Å². The Morgan fingerprint density at radius 3 is 2.47 bits per heavy atom. The summed E-state index contributed by atoms with van der Waals surface area (Å²) in [7, 11) is 1.54. The van der Waals surface area contributed by atoms with Crippen molar-refractivity contribution < 1.29 is 14.3 Å². The highest BCUT2D eigenvalue weighted by molar-refractivity contribution is 6.30. The lowest BCUT2D eigenvalue weighted by atomic mass is 10.1. The number of benzene rings is 2. The Bertz CT molecular complexity index is 1170. The molecule has 0 saturated heterocycles. The minimum Gasteiger partial charge on any atom is -0.375 e. The molecule has 3 aromatic rings. The molecule has 0 atom stereocenters. The molecular weight excluding hydrogens is 502 g/mol. The fourth-order valence-corrected chi connectivity index (χ4v) is 4.97. The maximum Gasteiger partial charge on any atom is 0.252 e. The third kappa shape index (κ3) is 7.90. The molecule has 1 aromatic heterocycles. The molecule has 0 aliphatic carbocycles. The molecule has 8 nitrogen and oxygen atoms in total. The summed E-state index contributed by atoms with van der Waals surface area (Å²) in [4.78, 5) is 36.7. The van der Waals surface area contributed by atoms with Crippen LogP contribution in [0.3, 0.4) is 0 Å². The SMILES string of the molecule is COCC(=O)N1CCCN(Cc2ccc(Cl)cc2)CCCN(C(=O)CCn2ccnc2)Cc2ccccc21. The molecular formula is C29H36ClN5O3. The Morgan fingerprint density at radius 1 is 0.974 bits per heavy atom. The first-order valence-electron chi connectivity index (χ1n) is 13.1. The van der Waals surface area contributed by atoms with Gasteiger partial charge in [-0.1, -0.05) is 41.9 Å². The summed E-state index contributed by atoms with van der Waals surface area (Å²) in [5.41, 5.74) is 2.99. The zero-order valence-electron chi connectivity index (χ0n) is 22.0. The van der Waals surface area contributed by atoms with E-state index in [1.807, 2.05) is 57.0 Å². The monoisotopic (exact) mass is 537 g/mol. The van der Waals surface area contributed by atoms with Crippen molar-refractivity contribution in [3.8, 4) is 0 Å². The number of hydrogen-bond acceptors (Lipinski definition) is 5. The van der Waals surface area contributed by atoms with Crippen molar-refractivity contribution in [1.82, 2.24) is 19.4 Å². The van der Waals surface area contributed by atoms with E-state index in [1.54, 1.807) is 12.5 Å². The molecule has 0 saturated carbocycles. The third-order valence-corrected chi connectivity index (χ3v) is 7.04. The summed E-state index contributed by atoms with van der Waals surface area (Å²) in [6.07, 6.45) is 7.39. The van der Waals surface area contributed by atoms with E-state index in [9.17, 15) is 9.59 Å². The van der Waals surface area contributed by atoms with Crippen LogP contribution in [0, 0.1) is 0 Å². The summed E-state index contributed by atoms with van der Waals surface area (Å²) < 4.78 is 7.11. The summed E-state index contributed by atoms with van der Waals surface area (Å²) in [5, 5.41) is 0.721. The number of anilines is 1. The lowest BCUT2D eigenvalue weighted by Gasteiger charge is -2.31. The van der Waals surface area contributed by atoms with Gasteiger partial charge in [0.05, 0.1) is 6.33 Å². The normalized spacial score (nSPS) is 15.4. The van der Waals surface area contributed by atoms with Crippen molar-refractivity contribution in [3.63, 3.8) is 0 Å². The van der Waals surface area contributed by atoms with Crippen molar-refractivity contribution in [3.05, 3.63) is 83.4 Å². The van der Waals surface area contributed by atoms with Crippen molar-refractivity contribution >= 4 is 29.1 Å². The average molecular weight is 538 g/mol. The van der Waals surface area contributed by atoms with Crippen molar-refractivity contribution in [1.29, 1.82) is 0 Å². The van der Waals surface area contributed by atoms with Gasteiger partial charge in [0.2, 0.25) is 5.91 Å². The Kier molecular flexibility index (Phi) is 10.3. The van der Waals surface area contributed by atoms with Gasteiger partial charge in [-0.15, -0.1) is 0 Å². The fourth-order valence-electron chi connectivity index (χ4n) is 4.84. The number of carbonyl (C=O) groups excluding carboxylic acids is 2. The molecule has 0 bridgehead atoms. The zero-order valence-corrected chi connectivity index (χ0v) is 22.7. The highest BCUT2D eigenvalue weighted by atomic mass is 35.5. The lowest BCUT2D eigenvalue weighted by Crippen LogP contribution is -2.40. The van der Waals surface area contributed by atoms with Crippen LogP contribution in [0.5, 0.6) is 0 Å². The molecule has 2 amide bonds. The van der Waals surface area contributed by atoms with E-state index in [2.05, 4.69) is 22.0 Å². The van der Waals surface area contributed by atoms with E-state index in [0.29, 0.717) is 32.6 Å². The van der Waals surface area contributed by atoms with Crippen LogP contribution in [0.2, 0.25) is 5.02 Å². The number of rotatable bonds is 7. The van der Waals surface area contributed by atoms with Crippen molar-refractivity contribution in [2.24, 2.45) is 0 Å². The van der Waals surface area contributed by atoms with Gasteiger partial charge in [0.15, 0.2) is 0 Å². The zero-order chi connectivity index (χ0) is 26.7. The van der Waals surface area contributed by atoms with E-state index in [4.69, 9.17) is 16.3 Å². The minimum absolute atomic E-state index is 0.0103. The van der Waals surface area contributed by atoms with Crippen LogP contribution >= 0.6 is 11.6 Å². The summed E-state index contributed by atoms with van der Waals surface area (Å²) in [6.45, 7) is 4.72. The number of imidazole rings is 1. The Morgan fingerprint density at radius 2 is 1.74 bits per heavy atom. The van der Waals surface area contributed by atoms with Crippen LogP contribution in [-0.4, -0.2) is 71.1 Å². The van der Waals surface area contributed by atoms with Crippen LogP contribution in [-0.2, 0) is 34.0 Å². The van der Waals surface area contributed by atoms with Gasteiger partial charge in [0, 0.05) is 82.4 Å². The number of methoxy groups -OCH3 is 1. The first-order valence-corrected chi connectivity index (χ1v) is 13.5. The molecule has 9 heteroatoms. The molecule has 1 aliphatic heterocycles. The Balaban J connectivity index is 1.57. The van der Waals surface area contributed by atoms with E-state index in [0.717, 1.165) is 48.7 Å². The van der Waals surface area contributed by atoms with Gasteiger partial charge in [0.25, 0.3) is 5.91 Å². The molecule has 0 unspecified atom stereocenters. The first-order chi connectivity index (χ1) is 18.5. The standard InChI is InChI=1S/C29H36ClN5O3/c1-38-22-29(37)35-17-5-15-32(20-24-8-10-26(30)11-9-24)14-4-16-34(21-25-6-2-3-7-27(25)35)28(36)12-18-33-19-13-31-23-33/h2-3,6-11,13,19,23H,4-5,12,14-18,20-22H2,1H3. The van der Waals surface area contributed by atoms with E-state index >= 15 is 0 Å². The van der Waals surface area contributed by atoms with Crippen LogP contribution in [0.15, 0.2) is 67.3 Å². The second-order valence-electron chi connectivity index (χ2n) is 9.58. The molecule has 0 N–H and O–H groups in total. The number of aryl methyl sites for hydroxylation is 1. The summed E-state index contributed by atoms with van der Waals surface area (Å²) in [5.74, 6) is 0.00354. The molecule has 38 heavy (non-hydrogen) atoms. The van der Waals surface area contributed by atoms with Gasteiger partial charge in [0.1, 0.15) is 6.61 Å². The Hall–Kier alpha value is -3.20. The lowest BCUT2D eigenvalue weighted by molar-refractivity contribution is -0.132. The first kappa shape index (κ1) is 27.8. The number of halogens is 1. The molecule has 0 radical (unpaired) electrons. The predicted molar refractivity (Wildman–Crippen MR) is 149 cm³/mol. The summed E-state index contributed by atoms with van der Waals surface area (Å²) in [6, 6.07) is 15.8. The van der Waals surface area contributed by atoms with Crippen LogP contribution in [0.1, 0.15) is 30.4 Å². The van der Waals surface area contributed by atoms with E-state index in [1.165, 1.54) is 12.7 Å². The van der Waals surface area contributed by atoms with Gasteiger partial charge in [-0.25, -0.2) is 4.98 Å². The number of carbonyl (C=O) groups is 2. The van der Waals surface area contributed by atoms with Crippen molar-refractivity contribution in [2.75, 3.05) is 44.8 Å². The molecule has 2 heterocycles. The quantitative estimate of drug-likeness (QED) is 0.451. The number of nitrogens with zero attached hydrogens (tertiary/aromatic N) is 5. The van der Waals surface area contributed by atoms with E-state index < -0.39 is 0 Å². The van der Waals surface area contributed by atoms with Gasteiger partial charge in [-0.3, -0.25) is 14.5 Å². The fraction of sp³-hybridized carbons (Fsp3) is 0.414. The van der Waals surface area contributed by atoms with Crippen LogP contribution in [0.4, 0.5) is 5.69 Å². The highest BCUT2D eigenvalue weighted by Gasteiger charge is 2.23. The summed E-state index contributed by atoms with van der Waals surface area (Å²) >= 11 is 6.09. The minimum atomic E-state index is -0.0840. The maximum atomic E-state index is 13.4. The van der Waals surface area contributed by atoms with Gasteiger partial charge in [-0.05, 0) is 42.2 Å². The Labute approximate surface area is 229 Å². The second kappa shape index (κ2) is 14.1. The topological polar surface area (TPSA) is 70.9 Å². The van der Waals surface area contributed by atoms with E-state index in [-0.39, 0.29) is 18.4 Å². The van der Waals surface area contributed by atoms with Gasteiger partial charge < -0.3 is 19.1 Å². The molecule has 0 fully saturated rings. The average Bonchev–Trinajstić information content (AvgIpc) is 3.44. The van der Waals surface area contributed by atoms with Crippen LogP contribution < -0.4 is 4.90 Å². The number of ether oxygens (including phenoxy) is 1. The molecule has 1 aliphatic rings. The maximum absolute atomic E-state index is 13.4. The predicted octanol–water partition coefficient (Wildman–Crippen LogP) is 4.23.